The van der Waals surface area contributed by atoms with Crippen LogP contribution in [-0.4, -0.2) is 239 Å². The minimum atomic E-state index is -2.06. The Bertz CT molecular complexity index is 6330. The highest BCUT2D eigenvalue weighted by molar-refractivity contribution is 9.09. The van der Waals surface area contributed by atoms with Gasteiger partial charge in [0.1, 0.15) is 63.1 Å². The number of aliphatic hydroxyl groups is 2. The zero-order valence-corrected chi connectivity index (χ0v) is 87.0. The first kappa shape index (κ1) is 118. The summed E-state index contributed by atoms with van der Waals surface area (Å²) in [5, 5.41) is 43.2. The number of fused-ring (bicyclic) bond motifs is 10. The SMILES string of the molecule is C.CC[C@@]1(O)C(=O)OCc2c1cc1n(c2=O)Cc2c-1nc1cc(F)c(C)cc1c2CCBr.CC[C@@]1(O)C(=O)OCc2c1cc1n(c2=O)Cc2c-1nc1cc(F)c(C)cc1c2CN(Cc1ccccc1)C(=O)COCNC(=O)[C@H](C)CC(=O)[C@H](C)NC(=O)[C@H](C)CC(=O)CCCCCN1C(=O)C=CC1=O.CN(C)C.C[C@H](CC(=O)[C@H](C)NC(=O)[C@H](C)CC(=O)CCCCCN1C(=O)C=CC1=O)C(=O)NCOCC(=O)O.[2H]CSC. The van der Waals surface area contributed by atoms with Gasteiger partial charge < -0.3 is 74.5 Å². The number of carbonyl (C=O) groups excluding carboxylic acids is 15. The Balaban J connectivity index is 0.000000291. The molecule has 0 spiro atoms. The van der Waals surface area contributed by atoms with Gasteiger partial charge in [-0.2, -0.15) is 11.8 Å². The molecule has 147 heavy (non-hydrogen) atoms. The molecule has 0 fully saturated rings. The Hall–Kier alpha value is -12.9. The molecule has 6 aliphatic heterocycles. The minimum absolute atomic E-state index is 0. The number of hydrogen-bond donors (Lipinski definition) is 7. The first-order valence-corrected chi connectivity index (χ1v) is 50.7. The van der Waals surface area contributed by atoms with Crippen molar-refractivity contribution in [1.82, 2.24) is 60.0 Å². The first-order chi connectivity index (χ1) is 69.7. The number of rotatable bonds is 44. The lowest BCUT2D eigenvalue weighted by Crippen LogP contribution is -2.44. The van der Waals surface area contributed by atoms with Crippen LogP contribution in [0.3, 0.4) is 0 Å². The van der Waals surface area contributed by atoms with Gasteiger partial charge in [-0.25, -0.2) is 33.1 Å². The van der Waals surface area contributed by atoms with Gasteiger partial charge in [-0.3, -0.25) is 81.7 Å². The highest BCUT2D eigenvalue weighted by Crippen LogP contribution is 2.44. The standard InChI is InChI=1S/C53H59FN6O12.C24H35N3O9.C23H20BrFN2O4.C3H9N.C2H6S.CH4/c1-6-53(70)40-22-43-48-38(26-60(43)51(68)39(40)27-72-52(53)69)37(36-20-30(2)41(54)23-42(36)57-48)25-58(24-34-13-9-7-10-14-34)47(65)28-71-29-55-49(66)32(4)21-44(62)33(5)56-50(67)31(3)19-35(61)15-11-8-12-18-59-45(63)16-17-46(59)64;1-15(11-18(28)7-5-4-6-10-27-20(30)8-9-21(27)31)24(35)26-17(3)19(29)12-16(2)23(34)25-14-36-13-22(32)33;1-3-23(30)16-7-19-20-14(9-27(19)21(28)15(16)10-31-22(23)29)12(4-5-24)13-6-11(2)17(25)8-18(13)26-20;1-4(2)3;1-3-2;/h7,9-10,13-14,16-17,20,22-23,31-33,70H,6,8,11-12,15,18-19,21,24-29H2,1-5H3,(H,55,66)(H,56,67);8-9,15-17H,4-7,10-14H2,1-3H3,(H,25,34)(H,26,35)(H,32,33);6-8,30H,3-5,9-10H2,1-2H3;1-3H3;1-2H3;1H4/t31-,32-,33+,53+;15-,16-,17+;23-;;;/m110.../s1/i;;;;1D;. The number of aliphatic carboxylic acids is 1. The Morgan fingerprint density at radius 3 is 1.33 bits per heavy atom. The van der Waals surface area contributed by atoms with Gasteiger partial charge >= 0.3 is 17.9 Å². The number of ketones is 4. The number of Topliss-reactive ketones (excluding diaryl/α,β-unsaturated/α-hetero) is 4. The fraction of sp³-hybridized carbons (Fsp3) is 0.491. The topological polar surface area (TPSA) is 502 Å². The van der Waals surface area contributed by atoms with Crippen LogP contribution in [0.4, 0.5) is 8.78 Å². The van der Waals surface area contributed by atoms with Crippen LogP contribution in [0, 0.1) is 49.2 Å². The van der Waals surface area contributed by atoms with Crippen LogP contribution in [0.5, 0.6) is 0 Å². The third kappa shape index (κ3) is 30.4. The number of unbranched alkanes of at least 4 members (excludes halogenated alkanes) is 4. The summed E-state index contributed by atoms with van der Waals surface area (Å²) in [6.45, 7) is 14.7. The summed E-state index contributed by atoms with van der Waals surface area (Å²) in [7, 11) is 6.00. The van der Waals surface area contributed by atoms with Gasteiger partial charge in [0.15, 0.2) is 22.8 Å². The normalized spacial score (nSPS) is 16.6. The molecule has 0 aliphatic carbocycles. The maximum Gasteiger partial charge on any atom is 0.343 e. The molecular formula is C106H133BrF2N12O25S. The van der Waals surface area contributed by atoms with Crippen molar-refractivity contribution in [3.05, 3.63) is 185 Å². The molecule has 4 aromatic heterocycles. The molecule has 37 nitrogen and oxygen atoms in total. The Kier molecular flexibility index (Phi) is 43.7. The summed E-state index contributed by atoms with van der Waals surface area (Å²) in [6, 6.07) is 16.8. The van der Waals surface area contributed by atoms with Gasteiger partial charge in [-0.15, -0.1) is 0 Å². The van der Waals surface area contributed by atoms with E-state index in [0.29, 0.717) is 126 Å². The maximum atomic E-state index is 15.2. The van der Waals surface area contributed by atoms with Gasteiger partial charge in [0.05, 0.1) is 70.1 Å². The molecule has 0 bridgehead atoms. The van der Waals surface area contributed by atoms with Crippen molar-refractivity contribution in [2.24, 2.45) is 23.7 Å². The molecule has 0 saturated carbocycles. The Morgan fingerprint density at radius 2 is 0.939 bits per heavy atom. The van der Waals surface area contributed by atoms with Crippen molar-refractivity contribution in [3.8, 4) is 22.8 Å². The number of carbonyl (C=O) groups is 16. The van der Waals surface area contributed by atoms with Crippen molar-refractivity contribution in [1.29, 1.82) is 0 Å². The fourth-order valence-electron chi connectivity index (χ4n) is 17.3. The largest absolute Gasteiger partial charge is 0.480 e. The lowest BCUT2D eigenvalue weighted by Gasteiger charge is -2.31. The number of thioether (sulfide) groups is 1. The zero-order chi connectivity index (χ0) is 108. The summed E-state index contributed by atoms with van der Waals surface area (Å²) in [5.41, 5.74) is 3.42. The summed E-state index contributed by atoms with van der Waals surface area (Å²) in [6.07, 6.45) is 11.7. The molecule has 7 aromatic rings. The number of nitrogens with one attached hydrogen (secondary N) is 4. The number of aryl methyl sites for hydroxylation is 3. The number of alkyl halides is 1. The van der Waals surface area contributed by atoms with E-state index in [9.17, 15) is 101 Å². The number of ether oxygens (including phenoxy) is 4. The highest BCUT2D eigenvalue weighted by Gasteiger charge is 2.48. The average molecular weight is 2130 g/mol. The van der Waals surface area contributed by atoms with E-state index in [1.807, 2.05) is 62.6 Å². The van der Waals surface area contributed by atoms with E-state index >= 15 is 4.39 Å². The van der Waals surface area contributed by atoms with Gasteiger partial charge in [0.2, 0.25) is 29.5 Å². The second-order valence-electron chi connectivity index (χ2n) is 37.4. The number of carboxylic acids is 1. The smallest absolute Gasteiger partial charge is 0.343 e. The Morgan fingerprint density at radius 1 is 0.551 bits per heavy atom. The summed E-state index contributed by atoms with van der Waals surface area (Å²) < 4.78 is 59.8. The fourth-order valence-corrected chi connectivity index (χ4v) is 17.7. The number of hydrogen-bond acceptors (Lipinski definition) is 28. The number of benzene rings is 3. The van der Waals surface area contributed by atoms with Gasteiger partial charge in [-0.1, -0.05) is 108 Å². The van der Waals surface area contributed by atoms with Crippen LogP contribution >= 0.6 is 27.7 Å². The summed E-state index contributed by atoms with van der Waals surface area (Å²) >= 11 is 5.02. The summed E-state index contributed by atoms with van der Waals surface area (Å²) in [4.78, 5) is 239. The van der Waals surface area contributed by atoms with E-state index in [0.717, 1.165) is 31.9 Å². The number of halogens is 3. The third-order valence-electron chi connectivity index (χ3n) is 25.6. The average Bonchev–Trinajstić information content (AvgIpc) is 1.56. The lowest BCUT2D eigenvalue weighted by atomic mass is 9.86. The quantitative estimate of drug-likeness (QED) is 0.00613. The molecular weight excluding hydrogens is 1990 g/mol. The van der Waals surface area contributed by atoms with Crippen LogP contribution in [0.25, 0.3) is 44.6 Å². The molecule has 41 heteroatoms. The van der Waals surface area contributed by atoms with Gasteiger partial charge in [0.25, 0.3) is 34.7 Å². The molecule has 0 radical (unpaired) electrons. The predicted octanol–water partition coefficient (Wildman–Crippen LogP) is 9.93. The van der Waals surface area contributed by atoms with Crippen LogP contribution < -0.4 is 32.4 Å². The van der Waals surface area contributed by atoms with E-state index in [1.165, 1.54) is 80.5 Å². The molecule has 10 heterocycles. The van der Waals surface area contributed by atoms with E-state index in [-0.39, 0.29) is 192 Å². The molecule has 0 saturated heterocycles. The number of aromatic nitrogens is 4. The molecule has 9 amide bonds. The highest BCUT2D eigenvalue weighted by atomic mass is 79.9. The first-order valence-electron chi connectivity index (χ1n) is 48.9. The number of imide groups is 2. The molecule has 8 atom stereocenters. The number of amides is 9. The molecule has 7 N–H and O–H groups in total. The van der Waals surface area contributed by atoms with Crippen molar-refractivity contribution in [2.75, 3.05) is 78.7 Å². The number of nitrogens with zero attached hydrogens (tertiary/aromatic N) is 8. The van der Waals surface area contributed by atoms with Gasteiger partial charge in [-0.05, 0) is 158 Å². The minimum Gasteiger partial charge on any atom is -0.480 e. The monoisotopic (exact) mass is 2120 g/mol. The van der Waals surface area contributed by atoms with E-state index in [1.54, 1.807) is 75.3 Å². The van der Waals surface area contributed by atoms with Crippen LogP contribution in [0.2, 0.25) is 0 Å². The van der Waals surface area contributed by atoms with Crippen LogP contribution in [0.15, 0.2) is 101 Å². The molecule has 6 aliphatic rings. The van der Waals surface area contributed by atoms with Gasteiger partial charge in [0, 0.05) is 165 Å². The number of esters is 2. The lowest BCUT2D eigenvalue weighted by molar-refractivity contribution is -0.172. The van der Waals surface area contributed by atoms with Crippen molar-refractivity contribution in [3.63, 3.8) is 0 Å². The second-order valence-corrected chi connectivity index (χ2v) is 38.8. The molecule has 0 unspecified atom stereocenters. The van der Waals surface area contributed by atoms with E-state index in [2.05, 4.69) is 37.2 Å². The number of cyclic esters (lactones) is 2. The van der Waals surface area contributed by atoms with Crippen molar-refractivity contribution in [2.45, 2.75) is 236 Å². The molecule has 794 valence electrons. The molecule has 3 aromatic carbocycles. The summed E-state index contributed by atoms with van der Waals surface area (Å²) in [5.74, 6) is -11.3. The maximum absolute atomic E-state index is 15.2. The second kappa shape index (κ2) is 54.7. The number of carboxylic acid groups (broad SMARTS) is 1. The van der Waals surface area contributed by atoms with Crippen molar-refractivity contribution < 1.29 is 121 Å². The molecule has 13 rings (SSSR count). The van der Waals surface area contributed by atoms with Crippen LogP contribution in [-0.2, 0) is 153 Å². The van der Waals surface area contributed by atoms with Crippen LogP contribution in [0.1, 0.15) is 215 Å². The van der Waals surface area contributed by atoms with Crippen molar-refractivity contribution >= 4 is 144 Å². The zero-order valence-electron chi connectivity index (χ0n) is 85.6. The van der Waals surface area contributed by atoms with E-state index in [4.69, 9.17) is 35.4 Å². The Labute approximate surface area is 865 Å². The third-order valence-corrected chi connectivity index (χ3v) is 26.0. The van der Waals surface area contributed by atoms with E-state index < -0.39 is 125 Å². The number of pyridine rings is 4. The predicted molar refractivity (Wildman–Crippen MR) is 547 cm³/mol.